The highest BCUT2D eigenvalue weighted by atomic mass is 35.5. The highest BCUT2D eigenvalue weighted by Gasteiger charge is 2.21. The highest BCUT2D eigenvalue weighted by molar-refractivity contribution is 7.87. The van der Waals surface area contributed by atoms with Crippen LogP contribution in [0.1, 0.15) is 18.4 Å². The fourth-order valence-corrected chi connectivity index (χ4v) is 3.16. The second-order valence-electron chi connectivity index (χ2n) is 5.12. The lowest BCUT2D eigenvalue weighted by atomic mass is 9.98. The van der Waals surface area contributed by atoms with Gasteiger partial charge in [-0.15, -0.1) is 0 Å². The van der Waals surface area contributed by atoms with Crippen LogP contribution in [0.25, 0.3) is 0 Å². The summed E-state index contributed by atoms with van der Waals surface area (Å²) >= 11 is 5.87. The van der Waals surface area contributed by atoms with E-state index in [-0.39, 0.29) is 0 Å². The Kier molecular flexibility index (Phi) is 5.34. The minimum atomic E-state index is -3.60. The Morgan fingerprint density at radius 3 is 3.05 bits per heavy atom. The van der Waals surface area contributed by atoms with Gasteiger partial charge in [-0.3, -0.25) is 4.90 Å². The fraction of sp³-hybridized carbons (Fsp3) is 0.583. The van der Waals surface area contributed by atoms with E-state index in [0.717, 1.165) is 38.0 Å². The van der Waals surface area contributed by atoms with E-state index in [4.69, 9.17) is 16.7 Å². The summed E-state index contributed by atoms with van der Waals surface area (Å²) in [5, 5.41) is 5.45. The van der Waals surface area contributed by atoms with E-state index < -0.39 is 10.2 Å². The molecule has 1 saturated heterocycles. The number of hydrogen-bond donors (Lipinski definition) is 2. The Bertz CT molecular complexity index is 552. The quantitative estimate of drug-likeness (QED) is 0.784. The molecule has 2 rings (SSSR count). The van der Waals surface area contributed by atoms with Crippen LogP contribution >= 0.6 is 11.6 Å². The molecular weight excluding hydrogens is 300 g/mol. The number of nitrogens with one attached hydrogen (secondary N) is 1. The van der Waals surface area contributed by atoms with Crippen LogP contribution in [-0.2, 0) is 16.8 Å². The molecule has 2 heterocycles. The van der Waals surface area contributed by atoms with E-state index in [9.17, 15) is 8.42 Å². The topological polar surface area (TPSA) is 88.3 Å². The number of aromatic nitrogens is 1. The van der Waals surface area contributed by atoms with Crippen molar-refractivity contribution in [2.45, 2.75) is 19.4 Å². The Hall–Kier alpha value is -0.730. The number of rotatable bonds is 5. The number of hydrogen-bond acceptors (Lipinski definition) is 4. The van der Waals surface area contributed by atoms with E-state index in [1.165, 1.54) is 0 Å². The summed E-state index contributed by atoms with van der Waals surface area (Å²) < 4.78 is 24.2. The first-order valence-corrected chi connectivity index (χ1v) is 8.45. The van der Waals surface area contributed by atoms with E-state index in [1.54, 1.807) is 6.20 Å². The number of halogens is 1. The number of nitrogens with zero attached hydrogens (tertiary/aromatic N) is 2. The van der Waals surface area contributed by atoms with Crippen LogP contribution in [0.15, 0.2) is 18.3 Å². The van der Waals surface area contributed by atoms with Gasteiger partial charge in [0.1, 0.15) is 5.15 Å². The van der Waals surface area contributed by atoms with Gasteiger partial charge < -0.3 is 0 Å². The predicted octanol–water partition coefficient (Wildman–Crippen LogP) is 0.740. The first-order chi connectivity index (χ1) is 9.42. The first kappa shape index (κ1) is 15.7. The molecule has 0 bridgehead atoms. The molecule has 1 aromatic rings. The lowest BCUT2D eigenvalue weighted by Gasteiger charge is -2.32. The van der Waals surface area contributed by atoms with Crippen LogP contribution < -0.4 is 9.86 Å². The smallest absolute Gasteiger partial charge is 0.274 e. The molecule has 1 aliphatic rings. The number of pyridine rings is 1. The number of piperidine rings is 1. The number of likely N-dealkylation sites (tertiary alicyclic amines) is 1. The van der Waals surface area contributed by atoms with Crippen molar-refractivity contribution in [2.24, 2.45) is 11.1 Å². The van der Waals surface area contributed by atoms with Crippen molar-refractivity contribution in [3.63, 3.8) is 0 Å². The van der Waals surface area contributed by atoms with Gasteiger partial charge in [0.2, 0.25) is 0 Å². The number of nitrogens with two attached hydrogens (primary N) is 1. The van der Waals surface area contributed by atoms with Crippen molar-refractivity contribution in [3.8, 4) is 0 Å². The molecule has 0 saturated carbocycles. The summed E-state index contributed by atoms with van der Waals surface area (Å²) in [4.78, 5) is 6.26. The third-order valence-corrected chi connectivity index (χ3v) is 4.15. The van der Waals surface area contributed by atoms with Crippen molar-refractivity contribution in [1.82, 2.24) is 14.6 Å². The molecule has 1 aromatic heterocycles. The van der Waals surface area contributed by atoms with Crippen molar-refractivity contribution in [2.75, 3.05) is 19.6 Å². The third kappa shape index (κ3) is 5.34. The molecule has 0 aromatic carbocycles. The van der Waals surface area contributed by atoms with Crippen LogP contribution in [0.5, 0.6) is 0 Å². The van der Waals surface area contributed by atoms with Crippen molar-refractivity contribution in [3.05, 3.63) is 29.0 Å². The van der Waals surface area contributed by atoms with Crippen LogP contribution in [0.3, 0.4) is 0 Å². The van der Waals surface area contributed by atoms with E-state index in [0.29, 0.717) is 17.6 Å². The lowest BCUT2D eigenvalue weighted by Crippen LogP contribution is -2.42. The molecule has 20 heavy (non-hydrogen) atoms. The van der Waals surface area contributed by atoms with Crippen LogP contribution in [-0.4, -0.2) is 37.9 Å². The molecule has 0 spiro atoms. The monoisotopic (exact) mass is 318 g/mol. The van der Waals surface area contributed by atoms with Crippen molar-refractivity contribution < 1.29 is 8.42 Å². The molecule has 6 nitrogen and oxygen atoms in total. The predicted molar refractivity (Wildman–Crippen MR) is 78.4 cm³/mol. The largest absolute Gasteiger partial charge is 0.299 e. The summed E-state index contributed by atoms with van der Waals surface area (Å²) in [6.45, 7) is 3.05. The van der Waals surface area contributed by atoms with Gasteiger partial charge in [-0.05, 0) is 43.0 Å². The average Bonchev–Trinajstić information content (AvgIpc) is 2.36. The summed E-state index contributed by atoms with van der Waals surface area (Å²) in [6, 6.07) is 3.80. The molecule has 112 valence electrons. The van der Waals surface area contributed by atoms with E-state index in [1.807, 2.05) is 12.1 Å². The van der Waals surface area contributed by atoms with Gasteiger partial charge in [-0.25, -0.2) is 14.8 Å². The summed E-state index contributed by atoms with van der Waals surface area (Å²) in [5.41, 5.74) is 1.12. The average molecular weight is 319 g/mol. The maximum Gasteiger partial charge on any atom is 0.274 e. The van der Waals surface area contributed by atoms with E-state index >= 15 is 0 Å². The summed E-state index contributed by atoms with van der Waals surface area (Å²) in [7, 11) is -3.60. The minimum absolute atomic E-state index is 0.291. The van der Waals surface area contributed by atoms with Crippen molar-refractivity contribution in [1.29, 1.82) is 0 Å². The standard InChI is InChI=1S/C12H19ClN4O2S/c13-12-6-10(3-4-15-12)8-17-5-1-2-11(9-17)7-16-20(14,18)19/h3-4,6,11,16H,1-2,5,7-9H2,(H2,14,18,19). The van der Waals surface area contributed by atoms with Crippen LogP contribution in [0.2, 0.25) is 5.15 Å². The minimum Gasteiger partial charge on any atom is -0.299 e. The van der Waals surface area contributed by atoms with Crippen molar-refractivity contribution >= 4 is 21.8 Å². The second-order valence-corrected chi connectivity index (χ2v) is 6.89. The zero-order valence-electron chi connectivity index (χ0n) is 11.1. The third-order valence-electron chi connectivity index (χ3n) is 3.37. The zero-order chi connectivity index (χ0) is 14.6. The maximum atomic E-state index is 10.9. The Morgan fingerprint density at radius 1 is 1.55 bits per heavy atom. The molecule has 1 fully saturated rings. The first-order valence-electron chi connectivity index (χ1n) is 6.52. The molecule has 1 aliphatic heterocycles. The van der Waals surface area contributed by atoms with Crippen LogP contribution in [0.4, 0.5) is 0 Å². The lowest BCUT2D eigenvalue weighted by molar-refractivity contribution is 0.169. The van der Waals surface area contributed by atoms with Gasteiger partial charge in [-0.2, -0.15) is 8.42 Å². The van der Waals surface area contributed by atoms with Crippen LogP contribution in [0, 0.1) is 5.92 Å². The molecule has 1 atom stereocenters. The van der Waals surface area contributed by atoms with Gasteiger partial charge in [0, 0.05) is 25.8 Å². The Balaban J connectivity index is 1.87. The summed E-state index contributed by atoms with van der Waals surface area (Å²) in [6.07, 6.45) is 3.76. The van der Waals surface area contributed by atoms with Gasteiger partial charge in [-0.1, -0.05) is 11.6 Å². The normalized spacial score (nSPS) is 21.0. The molecule has 0 radical (unpaired) electrons. The SMILES string of the molecule is NS(=O)(=O)NCC1CCCN(Cc2ccnc(Cl)c2)C1. The van der Waals surface area contributed by atoms with Gasteiger partial charge >= 0.3 is 0 Å². The Morgan fingerprint density at radius 2 is 2.35 bits per heavy atom. The molecule has 0 amide bonds. The molecular formula is C12H19ClN4O2S. The summed E-state index contributed by atoms with van der Waals surface area (Å²) in [5.74, 6) is 0.291. The van der Waals surface area contributed by atoms with Gasteiger partial charge in [0.05, 0.1) is 0 Å². The maximum absolute atomic E-state index is 10.9. The molecule has 8 heteroatoms. The highest BCUT2D eigenvalue weighted by Crippen LogP contribution is 2.18. The fourth-order valence-electron chi connectivity index (χ4n) is 2.49. The van der Waals surface area contributed by atoms with Gasteiger partial charge in [0.25, 0.3) is 10.2 Å². The van der Waals surface area contributed by atoms with Gasteiger partial charge in [0.15, 0.2) is 0 Å². The Labute approximate surface area is 124 Å². The van der Waals surface area contributed by atoms with E-state index in [2.05, 4.69) is 14.6 Å². The zero-order valence-corrected chi connectivity index (χ0v) is 12.7. The molecule has 1 unspecified atom stereocenters. The molecule has 0 aliphatic carbocycles. The molecule has 3 N–H and O–H groups in total. The second kappa shape index (κ2) is 6.82.